The third-order valence-corrected chi connectivity index (χ3v) is 8.51. The number of hydrogen-bond acceptors (Lipinski definition) is 6. The molecule has 0 rings (SSSR count). The van der Waals surface area contributed by atoms with Crippen LogP contribution in [0.25, 0.3) is 0 Å². The van der Waals surface area contributed by atoms with Gasteiger partial charge in [-0.1, -0.05) is 116 Å². The molecule has 10 heteroatoms. The van der Waals surface area contributed by atoms with Crippen molar-refractivity contribution in [3.8, 4) is 0 Å². The highest BCUT2D eigenvalue weighted by Crippen LogP contribution is 2.43. The molecule has 43 heavy (non-hydrogen) atoms. The van der Waals surface area contributed by atoms with Crippen LogP contribution in [0.3, 0.4) is 0 Å². The van der Waals surface area contributed by atoms with Crippen LogP contribution in [0.15, 0.2) is 0 Å². The van der Waals surface area contributed by atoms with E-state index in [1.807, 2.05) is 21.1 Å². The van der Waals surface area contributed by atoms with Crippen molar-refractivity contribution in [3.63, 3.8) is 0 Å². The Morgan fingerprint density at radius 3 is 1.60 bits per heavy atom. The van der Waals surface area contributed by atoms with Crippen molar-refractivity contribution in [1.29, 1.82) is 0 Å². The molecule has 2 N–H and O–H groups in total. The Bertz CT molecular complexity index is 674. The Morgan fingerprint density at radius 1 is 0.651 bits per heavy atom. The van der Waals surface area contributed by atoms with E-state index in [1.165, 1.54) is 77.0 Å². The summed E-state index contributed by atoms with van der Waals surface area (Å²) in [6, 6.07) is 0. The summed E-state index contributed by atoms with van der Waals surface area (Å²) in [5, 5.41) is 8.72. The summed E-state index contributed by atoms with van der Waals surface area (Å²) in [6.07, 6.45) is 23.8. The monoisotopic (exact) mass is 638 g/mol. The van der Waals surface area contributed by atoms with Crippen molar-refractivity contribution < 1.29 is 42.4 Å². The quantitative estimate of drug-likeness (QED) is 0.0410. The minimum absolute atomic E-state index is 0.0634. The first kappa shape index (κ1) is 42.5. The number of aliphatic carboxylic acids is 1. The van der Waals surface area contributed by atoms with Crippen molar-refractivity contribution >= 4 is 13.8 Å². The largest absolute Gasteiger partial charge is 0.481 e. The van der Waals surface area contributed by atoms with Gasteiger partial charge in [0.25, 0.3) is 0 Å². The lowest BCUT2D eigenvalue weighted by molar-refractivity contribution is -0.870. The molecule has 9 nitrogen and oxygen atoms in total. The Hall–Kier alpha value is -0.540. The number of likely N-dealkylation sites (N-methyl/N-ethyl adjacent to an activating group) is 1. The molecule has 0 aliphatic rings. The maximum atomic E-state index is 12.3. The van der Waals surface area contributed by atoms with Gasteiger partial charge in [-0.3, -0.25) is 13.8 Å². The number of rotatable bonds is 34. The lowest BCUT2D eigenvalue weighted by atomic mass is 10.0. The molecule has 0 amide bonds. The molecule has 0 radical (unpaired) electrons. The zero-order valence-corrected chi connectivity index (χ0v) is 29.3. The molecular formula is C33H69NO8P+. The highest BCUT2D eigenvalue weighted by Gasteiger charge is 2.25. The van der Waals surface area contributed by atoms with Crippen LogP contribution in [0, 0.1) is 0 Å². The van der Waals surface area contributed by atoms with Gasteiger partial charge in [0.15, 0.2) is 0 Å². The molecule has 0 spiro atoms. The van der Waals surface area contributed by atoms with Gasteiger partial charge in [-0.25, -0.2) is 4.57 Å². The van der Waals surface area contributed by atoms with Crippen LogP contribution in [0.5, 0.6) is 0 Å². The molecule has 2 atom stereocenters. The van der Waals surface area contributed by atoms with Gasteiger partial charge in [-0.15, -0.1) is 0 Å². The van der Waals surface area contributed by atoms with Gasteiger partial charge < -0.3 is 24.0 Å². The molecule has 0 saturated carbocycles. The summed E-state index contributed by atoms with van der Waals surface area (Å²) < 4.78 is 35.2. The van der Waals surface area contributed by atoms with E-state index in [0.29, 0.717) is 30.8 Å². The highest BCUT2D eigenvalue weighted by molar-refractivity contribution is 7.47. The minimum Gasteiger partial charge on any atom is -0.481 e. The van der Waals surface area contributed by atoms with E-state index in [4.69, 9.17) is 23.6 Å². The number of quaternary nitrogens is 1. The van der Waals surface area contributed by atoms with Crippen molar-refractivity contribution in [2.45, 2.75) is 148 Å². The van der Waals surface area contributed by atoms with Gasteiger partial charge in [0.1, 0.15) is 19.3 Å². The van der Waals surface area contributed by atoms with Gasteiger partial charge in [0.05, 0.1) is 34.4 Å². The number of carboxylic acids is 1. The molecule has 0 aromatic rings. The minimum atomic E-state index is -4.16. The van der Waals surface area contributed by atoms with E-state index < -0.39 is 19.9 Å². The van der Waals surface area contributed by atoms with Gasteiger partial charge in [-0.2, -0.15) is 0 Å². The summed E-state index contributed by atoms with van der Waals surface area (Å²) >= 11 is 0. The van der Waals surface area contributed by atoms with Crippen molar-refractivity contribution in [2.24, 2.45) is 0 Å². The summed E-state index contributed by atoms with van der Waals surface area (Å²) in [4.78, 5) is 20.7. The SMILES string of the molecule is CCCCCCCCCCCCCCCCOC[C@H](COP(=O)(O)OCC[N+](C)(C)C)OCCCCCCCCC(=O)O. The van der Waals surface area contributed by atoms with Crippen LogP contribution in [0.4, 0.5) is 0 Å². The van der Waals surface area contributed by atoms with Crippen LogP contribution in [-0.4, -0.2) is 87.3 Å². The van der Waals surface area contributed by atoms with Gasteiger partial charge in [0, 0.05) is 19.6 Å². The number of phosphoric acid groups is 1. The maximum Gasteiger partial charge on any atom is 0.472 e. The van der Waals surface area contributed by atoms with Crippen LogP contribution < -0.4 is 0 Å². The molecule has 0 heterocycles. The zero-order valence-electron chi connectivity index (χ0n) is 28.4. The lowest BCUT2D eigenvalue weighted by Crippen LogP contribution is -2.37. The van der Waals surface area contributed by atoms with Gasteiger partial charge in [-0.05, 0) is 19.3 Å². The zero-order chi connectivity index (χ0) is 32.1. The van der Waals surface area contributed by atoms with Crippen LogP contribution >= 0.6 is 7.82 Å². The Kier molecular flexibility index (Phi) is 28.5. The molecule has 0 aromatic carbocycles. The summed E-state index contributed by atoms with van der Waals surface area (Å²) in [7, 11) is 1.80. The Morgan fingerprint density at radius 2 is 1.12 bits per heavy atom. The molecular weight excluding hydrogens is 569 g/mol. The van der Waals surface area contributed by atoms with Crippen LogP contribution in [0.1, 0.15) is 142 Å². The number of nitrogens with zero attached hydrogens (tertiary/aromatic N) is 1. The molecule has 258 valence electrons. The fraction of sp³-hybridized carbons (Fsp3) is 0.970. The second-order valence-electron chi connectivity index (χ2n) is 13.0. The van der Waals surface area contributed by atoms with Crippen LogP contribution in [0.2, 0.25) is 0 Å². The molecule has 0 aliphatic carbocycles. The molecule has 0 aliphatic heterocycles. The van der Waals surface area contributed by atoms with Crippen molar-refractivity contribution in [1.82, 2.24) is 0 Å². The maximum absolute atomic E-state index is 12.3. The number of ether oxygens (including phenoxy) is 2. The molecule has 1 unspecified atom stereocenters. The number of unbranched alkanes of at least 4 members (excludes halogenated alkanes) is 18. The Labute approximate surface area is 264 Å². The van der Waals surface area contributed by atoms with Crippen molar-refractivity contribution in [2.75, 3.05) is 60.7 Å². The number of carbonyl (C=O) groups is 1. The van der Waals surface area contributed by atoms with Crippen molar-refractivity contribution in [3.05, 3.63) is 0 Å². The molecule has 0 fully saturated rings. The van der Waals surface area contributed by atoms with Gasteiger partial charge in [0.2, 0.25) is 0 Å². The first-order valence-corrected chi connectivity index (χ1v) is 18.9. The summed E-state index contributed by atoms with van der Waals surface area (Å²) in [6.45, 7) is 4.40. The average molecular weight is 639 g/mol. The predicted octanol–water partition coefficient (Wildman–Crippen LogP) is 8.52. The lowest BCUT2D eigenvalue weighted by Gasteiger charge is -2.24. The Balaban J connectivity index is 4.11. The smallest absolute Gasteiger partial charge is 0.472 e. The number of hydrogen-bond donors (Lipinski definition) is 2. The van der Waals surface area contributed by atoms with E-state index in [-0.39, 0.29) is 19.6 Å². The second-order valence-corrected chi connectivity index (χ2v) is 14.5. The summed E-state index contributed by atoms with van der Waals surface area (Å²) in [5.41, 5.74) is 0. The highest BCUT2D eigenvalue weighted by atomic mass is 31.2. The predicted molar refractivity (Wildman–Crippen MR) is 175 cm³/mol. The third kappa shape index (κ3) is 34.2. The molecule has 0 bridgehead atoms. The normalized spacial score (nSPS) is 14.2. The van der Waals surface area contributed by atoms with Crippen LogP contribution in [-0.2, 0) is 27.9 Å². The molecule has 0 aromatic heterocycles. The first-order valence-electron chi connectivity index (χ1n) is 17.4. The van der Waals surface area contributed by atoms with Gasteiger partial charge >= 0.3 is 13.8 Å². The molecule has 0 saturated heterocycles. The topological polar surface area (TPSA) is 112 Å². The second kappa shape index (κ2) is 28.9. The van der Waals surface area contributed by atoms with E-state index in [0.717, 1.165) is 51.4 Å². The van der Waals surface area contributed by atoms with E-state index in [1.54, 1.807) is 0 Å². The fourth-order valence-corrected chi connectivity index (χ4v) is 5.48. The fourth-order valence-electron chi connectivity index (χ4n) is 4.74. The number of phosphoric ester groups is 1. The van der Waals surface area contributed by atoms with E-state index in [2.05, 4.69) is 6.92 Å². The number of carboxylic acid groups (broad SMARTS) is 1. The third-order valence-electron chi connectivity index (χ3n) is 7.52. The first-order chi connectivity index (χ1) is 20.6. The summed E-state index contributed by atoms with van der Waals surface area (Å²) in [5.74, 6) is -0.737. The standard InChI is InChI=1S/C33H68NO8P/c1-5-6-7-8-9-10-11-12-13-14-15-17-20-23-27-39-30-32(31-42-43(37,38)41-29-26-34(2,3)4)40-28-24-21-18-16-19-22-25-33(35)36/h32H,5-31H2,1-4H3,(H-,35,36,37,38)/p+1/t32-/m1/s1. The van der Waals surface area contributed by atoms with E-state index >= 15 is 0 Å². The van der Waals surface area contributed by atoms with E-state index in [9.17, 15) is 14.3 Å². The average Bonchev–Trinajstić information content (AvgIpc) is 2.93.